The highest BCUT2D eigenvalue weighted by Gasteiger charge is 2.07. The second-order valence-corrected chi connectivity index (χ2v) is 4.48. The molecule has 0 unspecified atom stereocenters. The summed E-state index contributed by atoms with van der Waals surface area (Å²) in [5.41, 5.74) is 7.40. The molecule has 0 radical (unpaired) electrons. The average Bonchev–Trinajstić information content (AvgIpc) is 2.42. The summed E-state index contributed by atoms with van der Waals surface area (Å²) < 4.78 is 0. The van der Waals surface area contributed by atoms with Gasteiger partial charge in [0.15, 0.2) is 11.6 Å². The third-order valence-corrected chi connectivity index (χ3v) is 2.79. The fraction of sp³-hybridized carbons (Fsp3) is 0.231. The highest BCUT2D eigenvalue weighted by Crippen LogP contribution is 2.26. The SMILES string of the molecule is CCCNc1ncnc(Nc2ccc(Cl)cc2)c1N. The van der Waals surface area contributed by atoms with Crippen molar-refractivity contribution in [1.29, 1.82) is 0 Å². The van der Waals surface area contributed by atoms with Crippen LogP contribution in [0.15, 0.2) is 30.6 Å². The van der Waals surface area contributed by atoms with Gasteiger partial charge < -0.3 is 16.4 Å². The van der Waals surface area contributed by atoms with Crippen molar-refractivity contribution in [3.05, 3.63) is 35.6 Å². The molecule has 2 aromatic rings. The summed E-state index contributed by atoms with van der Waals surface area (Å²) in [6.07, 6.45) is 2.48. The largest absolute Gasteiger partial charge is 0.393 e. The van der Waals surface area contributed by atoms with Crippen LogP contribution in [0, 0.1) is 0 Å². The number of hydrogen-bond donors (Lipinski definition) is 3. The van der Waals surface area contributed by atoms with Gasteiger partial charge in [-0.3, -0.25) is 0 Å². The Kier molecular flexibility index (Phi) is 4.41. The lowest BCUT2D eigenvalue weighted by Crippen LogP contribution is -2.08. The van der Waals surface area contributed by atoms with E-state index in [1.165, 1.54) is 6.33 Å². The lowest BCUT2D eigenvalue weighted by Gasteiger charge is -2.12. The fourth-order valence-corrected chi connectivity index (χ4v) is 1.68. The summed E-state index contributed by atoms with van der Waals surface area (Å²) >= 11 is 5.84. The van der Waals surface area contributed by atoms with Gasteiger partial charge in [-0.05, 0) is 30.7 Å². The molecular weight excluding hydrogens is 262 g/mol. The van der Waals surface area contributed by atoms with Crippen molar-refractivity contribution in [3.63, 3.8) is 0 Å². The van der Waals surface area contributed by atoms with Crippen molar-refractivity contribution in [1.82, 2.24) is 9.97 Å². The van der Waals surface area contributed by atoms with E-state index in [-0.39, 0.29) is 0 Å². The molecule has 0 aliphatic rings. The molecule has 0 saturated heterocycles. The third kappa shape index (κ3) is 3.48. The van der Waals surface area contributed by atoms with Crippen LogP contribution in [-0.2, 0) is 0 Å². The van der Waals surface area contributed by atoms with Crippen LogP contribution in [0.25, 0.3) is 0 Å². The van der Waals surface area contributed by atoms with E-state index in [0.29, 0.717) is 22.3 Å². The Morgan fingerprint density at radius 3 is 2.53 bits per heavy atom. The first-order chi connectivity index (χ1) is 9.20. The van der Waals surface area contributed by atoms with Gasteiger partial charge in [-0.25, -0.2) is 9.97 Å². The van der Waals surface area contributed by atoms with E-state index in [1.54, 1.807) is 12.1 Å². The first-order valence-corrected chi connectivity index (χ1v) is 6.45. The quantitative estimate of drug-likeness (QED) is 0.782. The van der Waals surface area contributed by atoms with E-state index >= 15 is 0 Å². The molecule has 2 rings (SSSR count). The van der Waals surface area contributed by atoms with Gasteiger partial charge in [0.1, 0.15) is 12.0 Å². The van der Waals surface area contributed by atoms with Gasteiger partial charge in [0.05, 0.1) is 0 Å². The molecule has 0 aliphatic carbocycles. The summed E-state index contributed by atoms with van der Waals surface area (Å²) in [6.45, 7) is 2.90. The minimum Gasteiger partial charge on any atom is -0.393 e. The molecule has 100 valence electrons. The number of anilines is 4. The average molecular weight is 278 g/mol. The van der Waals surface area contributed by atoms with Crippen molar-refractivity contribution in [2.24, 2.45) is 0 Å². The summed E-state index contributed by atoms with van der Waals surface area (Å²) in [7, 11) is 0. The normalized spacial score (nSPS) is 10.2. The Balaban J connectivity index is 2.18. The zero-order valence-electron chi connectivity index (χ0n) is 10.7. The van der Waals surface area contributed by atoms with E-state index < -0.39 is 0 Å². The molecule has 1 aromatic heterocycles. The van der Waals surface area contributed by atoms with Crippen LogP contribution >= 0.6 is 11.6 Å². The number of benzene rings is 1. The van der Waals surface area contributed by atoms with Crippen molar-refractivity contribution in [3.8, 4) is 0 Å². The number of rotatable bonds is 5. The Morgan fingerprint density at radius 1 is 1.16 bits per heavy atom. The summed E-state index contributed by atoms with van der Waals surface area (Å²) in [6, 6.07) is 7.33. The number of nitrogen functional groups attached to an aromatic ring is 1. The molecule has 0 atom stereocenters. The second-order valence-electron chi connectivity index (χ2n) is 4.04. The third-order valence-electron chi connectivity index (χ3n) is 2.53. The van der Waals surface area contributed by atoms with Gasteiger partial charge in [-0.1, -0.05) is 18.5 Å². The lowest BCUT2D eigenvalue weighted by molar-refractivity contribution is 0.966. The number of nitrogens with one attached hydrogen (secondary N) is 2. The van der Waals surface area contributed by atoms with Gasteiger partial charge in [-0.2, -0.15) is 0 Å². The van der Waals surface area contributed by atoms with E-state index in [0.717, 1.165) is 18.7 Å². The molecule has 6 heteroatoms. The number of halogens is 1. The van der Waals surface area contributed by atoms with Crippen LogP contribution in [0.1, 0.15) is 13.3 Å². The van der Waals surface area contributed by atoms with Crippen molar-refractivity contribution in [2.45, 2.75) is 13.3 Å². The second kappa shape index (κ2) is 6.24. The van der Waals surface area contributed by atoms with Crippen LogP contribution in [0.2, 0.25) is 5.02 Å². The minimum atomic E-state index is 0.505. The van der Waals surface area contributed by atoms with Gasteiger partial charge >= 0.3 is 0 Å². The maximum atomic E-state index is 6.03. The van der Waals surface area contributed by atoms with Gasteiger partial charge in [-0.15, -0.1) is 0 Å². The van der Waals surface area contributed by atoms with Crippen molar-refractivity contribution < 1.29 is 0 Å². The molecule has 19 heavy (non-hydrogen) atoms. The van der Waals surface area contributed by atoms with E-state index in [1.807, 2.05) is 12.1 Å². The first kappa shape index (κ1) is 13.4. The van der Waals surface area contributed by atoms with Gasteiger partial charge in [0, 0.05) is 17.3 Å². The molecule has 5 nitrogen and oxygen atoms in total. The molecule has 0 amide bonds. The highest BCUT2D eigenvalue weighted by molar-refractivity contribution is 6.30. The van der Waals surface area contributed by atoms with Crippen LogP contribution < -0.4 is 16.4 Å². The molecular formula is C13H16ClN5. The summed E-state index contributed by atoms with van der Waals surface area (Å²) in [5.74, 6) is 1.23. The Bertz CT molecular complexity index is 541. The van der Waals surface area contributed by atoms with Gasteiger partial charge in [0.25, 0.3) is 0 Å². The maximum Gasteiger partial charge on any atom is 0.159 e. The molecule has 1 heterocycles. The minimum absolute atomic E-state index is 0.505. The molecule has 0 fully saturated rings. The Morgan fingerprint density at radius 2 is 1.84 bits per heavy atom. The standard InChI is InChI=1S/C13H16ClN5/c1-2-7-16-12-11(15)13(18-8-17-12)19-10-5-3-9(14)4-6-10/h3-6,8H,2,7,15H2,1H3,(H2,16,17,18,19). The highest BCUT2D eigenvalue weighted by atomic mass is 35.5. The molecule has 0 saturated carbocycles. The first-order valence-electron chi connectivity index (χ1n) is 6.07. The number of hydrogen-bond acceptors (Lipinski definition) is 5. The number of nitrogens with zero attached hydrogens (tertiary/aromatic N) is 2. The predicted molar refractivity (Wildman–Crippen MR) is 80.0 cm³/mol. The predicted octanol–water partition coefficient (Wildman–Crippen LogP) is 3.28. The maximum absolute atomic E-state index is 6.03. The molecule has 1 aromatic carbocycles. The molecule has 0 aliphatic heterocycles. The van der Waals surface area contributed by atoms with E-state index in [9.17, 15) is 0 Å². The fourth-order valence-electron chi connectivity index (χ4n) is 1.55. The summed E-state index contributed by atoms with van der Waals surface area (Å²) in [5, 5.41) is 6.99. The lowest BCUT2D eigenvalue weighted by atomic mass is 10.3. The van der Waals surface area contributed by atoms with E-state index in [4.69, 9.17) is 17.3 Å². The van der Waals surface area contributed by atoms with E-state index in [2.05, 4.69) is 27.5 Å². The van der Waals surface area contributed by atoms with Crippen molar-refractivity contribution >= 4 is 34.6 Å². The van der Waals surface area contributed by atoms with Crippen LogP contribution in [0.3, 0.4) is 0 Å². The smallest absolute Gasteiger partial charge is 0.159 e. The van der Waals surface area contributed by atoms with Gasteiger partial charge in [0.2, 0.25) is 0 Å². The number of nitrogens with two attached hydrogens (primary N) is 1. The summed E-state index contributed by atoms with van der Waals surface area (Å²) in [4.78, 5) is 8.27. The van der Waals surface area contributed by atoms with Crippen LogP contribution in [0.5, 0.6) is 0 Å². The molecule has 0 spiro atoms. The molecule has 0 bridgehead atoms. The Labute approximate surface area is 117 Å². The Hall–Kier alpha value is -2.01. The van der Waals surface area contributed by atoms with Crippen LogP contribution in [-0.4, -0.2) is 16.5 Å². The zero-order chi connectivity index (χ0) is 13.7. The zero-order valence-corrected chi connectivity index (χ0v) is 11.4. The number of aromatic nitrogens is 2. The van der Waals surface area contributed by atoms with Crippen molar-refractivity contribution in [2.75, 3.05) is 22.9 Å². The topological polar surface area (TPSA) is 75.9 Å². The monoisotopic (exact) mass is 277 g/mol. The van der Waals surface area contributed by atoms with Crippen LogP contribution in [0.4, 0.5) is 23.0 Å². The molecule has 4 N–H and O–H groups in total.